The highest BCUT2D eigenvalue weighted by Gasteiger charge is 2.35. The van der Waals surface area contributed by atoms with E-state index in [2.05, 4.69) is 5.32 Å². The summed E-state index contributed by atoms with van der Waals surface area (Å²) in [6.45, 7) is 0.473. The van der Waals surface area contributed by atoms with Gasteiger partial charge in [0, 0.05) is 28.7 Å². The van der Waals surface area contributed by atoms with Crippen molar-refractivity contribution < 1.29 is 14.3 Å². The van der Waals surface area contributed by atoms with Crippen molar-refractivity contribution in [3.63, 3.8) is 0 Å². The number of rotatable bonds is 4. The van der Waals surface area contributed by atoms with Gasteiger partial charge in [0.25, 0.3) is 5.91 Å². The minimum absolute atomic E-state index is 0.254. The molecule has 0 bridgehead atoms. The Morgan fingerprint density at radius 2 is 1.92 bits per heavy atom. The van der Waals surface area contributed by atoms with E-state index in [1.54, 1.807) is 36.4 Å². The lowest BCUT2D eigenvalue weighted by molar-refractivity contribution is -0.145. The Balaban J connectivity index is 1.78. The molecule has 8 heteroatoms. The largest absolute Gasteiger partial charge is 0.482 e. The maximum atomic E-state index is 12.7. The summed E-state index contributed by atoms with van der Waals surface area (Å²) >= 11 is 18.1. The zero-order chi connectivity index (χ0) is 18.7. The predicted molar refractivity (Wildman–Crippen MR) is 101 cm³/mol. The zero-order valence-corrected chi connectivity index (χ0v) is 15.8. The van der Waals surface area contributed by atoms with Crippen molar-refractivity contribution in [2.45, 2.75) is 6.04 Å². The van der Waals surface area contributed by atoms with Gasteiger partial charge in [0.1, 0.15) is 11.8 Å². The van der Waals surface area contributed by atoms with Gasteiger partial charge in [0.15, 0.2) is 6.61 Å². The molecule has 136 valence electrons. The molecule has 26 heavy (non-hydrogen) atoms. The first-order valence-corrected chi connectivity index (χ1v) is 9.00. The zero-order valence-electron chi connectivity index (χ0n) is 13.5. The maximum Gasteiger partial charge on any atom is 0.261 e. The van der Waals surface area contributed by atoms with Crippen LogP contribution in [-0.2, 0) is 9.59 Å². The molecule has 0 saturated carbocycles. The van der Waals surface area contributed by atoms with Gasteiger partial charge in [0.05, 0.1) is 5.02 Å². The topological polar surface area (TPSA) is 58.6 Å². The molecule has 1 aliphatic heterocycles. The average Bonchev–Trinajstić information content (AvgIpc) is 2.61. The highest BCUT2D eigenvalue weighted by atomic mass is 35.5. The van der Waals surface area contributed by atoms with Gasteiger partial charge in [-0.15, -0.1) is 0 Å². The van der Waals surface area contributed by atoms with Crippen LogP contribution in [0.2, 0.25) is 15.1 Å². The van der Waals surface area contributed by atoms with Crippen LogP contribution < -0.4 is 10.1 Å². The lowest BCUT2D eigenvalue weighted by atomic mass is 10.0. The summed E-state index contributed by atoms with van der Waals surface area (Å²) in [6.07, 6.45) is 0. The standard InChI is InChI=1S/C18H15Cl3N2O3/c19-11-5-6-15(14(21)9-11)26-10-16(24)23-8-7-22-18(25)17(23)12-3-1-2-4-13(12)20/h1-6,9,17H,7-8,10H2,(H,22,25). The van der Waals surface area contributed by atoms with Crippen molar-refractivity contribution in [1.82, 2.24) is 10.2 Å². The number of halogens is 3. The third-order valence-corrected chi connectivity index (χ3v) is 4.85. The third kappa shape index (κ3) is 4.06. The molecule has 1 unspecified atom stereocenters. The summed E-state index contributed by atoms with van der Waals surface area (Å²) in [6, 6.07) is 10.9. The van der Waals surface area contributed by atoms with E-state index in [0.717, 1.165) is 0 Å². The molecule has 5 nitrogen and oxygen atoms in total. The Labute approximate surface area is 165 Å². The van der Waals surface area contributed by atoms with Crippen LogP contribution in [0.1, 0.15) is 11.6 Å². The van der Waals surface area contributed by atoms with Crippen molar-refractivity contribution in [3.8, 4) is 5.75 Å². The second kappa shape index (κ2) is 8.16. The molecular weight excluding hydrogens is 399 g/mol. The molecule has 0 aliphatic carbocycles. The fourth-order valence-corrected chi connectivity index (χ4v) is 3.46. The fraction of sp³-hybridized carbons (Fsp3) is 0.222. The summed E-state index contributed by atoms with van der Waals surface area (Å²) in [7, 11) is 0. The molecule has 2 aromatic rings. The minimum atomic E-state index is -0.797. The number of benzene rings is 2. The van der Waals surface area contributed by atoms with E-state index in [-0.39, 0.29) is 18.4 Å². The number of ether oxygens (including phenoxy) is 1. The lowest BCUT2D eigenvalue weighted by Gasteiger charge is -2.35. The van der Waals surface area contributed by atoms with Crippen molar-refractivity contribution >= 4 is 46.6 Å². The summed E-state index contributed by atoms with van der Waals surface area (Å²) in [5.41, 5.74) is 0.573. The van der Waals surface area contributed by atoms with E-state index < -0.39 is 6.04 Å². The second-order valence-electron chi connectivity index (χ2n) is 5.67. The molecule has 0 radical (unpaired) electrons. The van der Waals surface area contributed by atoms with Gasteiger partial charge >= 0.3 is 0 Å². The van der Waals surface area contributed by atoms with Gasteiger partial charge < -0.3 is 15.0 Å². The Bertz CT molecular complexity index is 844. The van der Waals surface area contributed by atoms with E-state index in [1.807, 2.05) is 0 Å². The highest BCUT2D eigenvalue weighted by Crippen LogP contribution is 2.30. The molecule has 0 aromatic heterocycles. The van der Waals surface area contributed by atoms with E-state index in [9.17, 15) is 9.59 Å². The van der Waals surface area contributed by atoms with Gasteiger partial charge in [-0.05, 0) is 24.3 Å². The van der Waals surface area contributed by atoms with Gasteiger partial charge in [-0.3, -0.25) is 9.59 Å². The quantitative estimate of drug-likeness (QED) is 0.831. The molecule has 1 heterocycles. The van der Waals surface area contributed by atoms with Gasteiger partial charge in [0.2, 0.25) is 5.91 Å². The average molecular weight is 414 g/mol. The van der Waals surface area contributed by atoms with Crippen molar-refractivity contribution in [1.29, 1.82) is 0 Å². The second-order valence-corrected chi connectivity index (χ2v) is 6.92. The number of carbonyl (C=O) groups is 2. The summed E-state index contributed by atoms with van der Waals surface area (Å²) in [5, 5.41) is 3.97. The Hall–Kier alpha value is -1.95. The first kappa shape index (κ1) is 18.8. The van der Waals surface area contributed by atoms with Crippen LogP contribution in [-0.4, -0.2) is 36.4 Å². The molecule has 2 amide bonds. The summed E-state index contributed by atoms with van der Waals surface area (Å²) < 4.78 is 5.51. The van der Waals surface area contributed by atoms with Crippen LogP contribution in [0, 0.1) is 0 Å². The maximum absolute atomic E-state index is 12.7. The smallest absolute Gasteiger partial charge is 0.261 e. The SMILES string of the molecule is O=C1NCCN(C(=O)COc2ccc(Cl)cc2Cl)C1c1ccccc1Cl. The Morgan fingerprint density at radius 3 is 2.65 bits per heavy atom. The molecular formula is C18H15Cl3N2O3. The summed E-state index contributed by atoms with van der Waals surface area (Å²) in [4.78, 5) is 26.5. The van der Waals surface area contributed by atoms with Crippen molar-refractivity contribution in [2.24, 2.45) is 0 Å². The number of carbonyl (C=O) groups excluding carboxylic acids is 2. The monoisotopic (exact) mass is 412 g/mol. The molecule has 2 aromatic carbocycles. The van der Waals surface area contributed by atoms with Crippen LogP contribution in [0.4, 0.5) is 0 Å². The van der Waals surface area contributed by atoms with E-state index in [4.69, 9.17) is 39.5 Å². The van der Waals surface area contributed by atoms with Gasteiger partial charge in [-0.25, -0.2) is 0 Å². The molecule has 1 fully saturated rings. The van der Waals surface area contributed by atoms with E-state index >= 15 is 0 Å². The number of hydrogen-bond acceptors (Lipinski definition) is 3. The fourth-order valence-electron chi connectivity index (χ4n) is 2.76. The molecule has 1 saturated heterocycles. The van der Waals surface area contributed by atoms with Crippen LogP contribution >= 0.6 is 34.8 Å². The number of piperazine rings is 1. The van der Waals surface area contributed by atoms with Crippen LogP contribution in [0.15, 0.2) is 42.5 Å². The highest BCUT2D eigenvalue weighted by molar-refractivity contribution is 6.35. The lowest BCUT2D eigenvalue weighted by Crippen LogP contribution is -2.53. The van der Waals surface area contributed by atoms with Gasteiger partial charge in [-0.1, -0.05) is 53.0 Å². The van der Waals surface area contributed by atoms with E-state index in [1.165, 1.54) is 11.0 Å². The first-order chi connectivity index (χ1) is 12.5. The number of nitrogens with zero attached hydrogens (tertiary/aromatic N) is 1. The van der Waals surface area contributed by atoms with Crippen LogP contribution in [0.3, 0.4) is 0 Å². The normalized spacial score (nSPS) is 17.0. The Kier molecular flexibility index (Phi) is 5.91. The predicted octanol–water partition coefficient (Wildman–Crippen LogP) is 3.73. The molecule has 1 aliphatic rings. The van der Waals surface area contributed by atoms with Crippen molar-refractivity contribution in [2.75, 3.05) is 19.7 Å². The number of amides is 2. The van der Waals surface area contributed by atoms with E-state index in [0.29, 0.717) is 39.5 Å². The van der Waals surface area contributed by atoms with Gasteiger partial charge in [-0.2, -0.15) is 0 Å². The minimum Gasteiger partial charge on any atom is -0.482 e. The molecule has 1 atom stereocenters. The first-order valence-electron chi connectivity index (χ1n) is 7.87. The Morgan fingerprint density at radius 1 is 1.15 bits per heavy atom. The number of hydrogen-bond donors (Lipinski definition) is 1. The number of nitrogens with one attached hydrogen (secondary N) is 1. The third-order valence-electron chi connectivity index (χ3n) is 3.98. The van der Waals surface area contributed by atoms with Crippen molar-refractivity contribution in [3.05, 3.63) is 63.1 Å². The van der Waals surface area contributed by atoms with Crippen LogP contribution in [0.25, 0.3) is 0 Å². The summed E-state index contributed by atoms with van der Waals surface area (Å²) in [5.74, 6) is -0.266. The molecule has 1 N–H and O–H groups in total. The molecule has 0 spiro atoms. The molecule has 3 rings (SSSR count). The van der Waals surface area contributed by atoms with Crippen LogP contribution in [0.5, 0.6) is 5.75 Å².